The third kappa shape index (κ3) is 3.42. The Balaban J connectivity index is 2.07. The Labute approximate surface area is 118 Å². The second-order valence-corrected chi connectivity index (χ2v) is 4.22. The largest absolute Gasteiger partial charge is 0.497 e. The Hall–Kier alpha value is -2.31. The summed E-state index contributed by atoms with van der Waals surface area (Å²) in [6.45, 7) is 0.0872. The number of hydrogen-bond acceptors (Lipinski definition) is 3. The van der Waals surface area contributed by atoms with Crippen LogP contribution in [0, 0.1) is 23.5 Å². The average Bonchev–Trinajstić information content (AvgIpc) is 2.49. The van der Waals surface area contributed by atoms with Crippen molar-refractivity contribution in [3.8, 4) is 5.75 Å². The first-order valence-electron chi connectivity index (χ1n) is 6.09. The molecule has 0 atom stereocenters. The maximum atomic E-state index is 13.4. The van der Waals surface area contributed by atoms with E-state index >= 15 is 0 Å². The molecule has 0 amide bonds. The molecule has 1 aromatic carbocycles. The number of methoxy groups -OCH3 is 1. The Morgan fingerprint density at radius 2 is 1.76 bits per heavy atom. The molecular formula is C14H12F4N2O. The minimum atomic E-state index is -1.68. The van der Waals surface area contributed by atoms with Crippen molar-refractivity contribution in [3.05, 3.63) is 53.4 Å². The Morgan fingerprint density at radius 1 is 1.10 bits per heavy atom. The number of rotatable bonds is 5. The van der Waals surface area contributed by atoms with Gasteiger partial charge in [-0.25, -0.2) is 0 Å². The van der Waals surface area contributed by atoms with Gasteiger partial charge in [0.25, 0.3) is 11.9 Å². The van der Waals surface area contributed by atoms with Gasteiger partial charge in [0, 0.05) is 6.54 Å². The highest BCUT2D eigenvalue weighted by Crippen LogP contribution is 2.22. The van der Waals surface area contributed by atoms with Crippen molar-refractivity contribution in [3.63, 3.8) is 0 Å². The van der Waals surface area contributed by atoms with Gasteiger partial charge in [-0.1, -0.05) is 12.1 Å². The molecule has 0 fully saturated rings. The van der Waals surface area contributed by atoms with E-state index in [0.29, 0.717) is 12.2 Å². The van der Waals surface area contributed by atoms with Crippen molar-refractivity contribution < 1.29 is 22.3 Å². The van der Waals surface area contributed by atoms with Crippen molar-refractivity contribution >= 4 is 5.69 Å². The highest BCUT2D eigenvalue weighted by atomic mass is 19.2. The average molecular weight is 300 g/mol. The summed E-state index contributed by atoms with van der Waals surface area (Å²) in [5, 5.41) is 2.34. The van der Waals surface area contributed by atoms with Gasteiger partial charge in [0.2, 0.25) is 11.6 Å². The van der Waals surface area contributed by atoms with Crippen LogP contribution in [0.15, 0.2) is 24.3 Å². The molecule has 0 unspecified atom stereocenters. The fourth-order valence-corrected chi connectivity index (χ4v) is 1.80. The number of halogens is 4. The van der Waals surface area contributed by atoms with Crippen LogP contribution in [0.5, 0.6) is 5.75 Å². The number of pyridine rings is 1. The summed E-state index contributed by atoms with van der Waals surface area (Å²) >= 11 is 0. The molecule has 2 rings (SSSR count). The summed E-state index contributed by atoms with van der Waals surface area (Å²) in [7, 11) is 1.52. The minimum Gasteiger partial charge on any atom is -0.497 e. The molecule has 0 spiro atoms. The van der Waals surface area contributed by atoms with Crippen LogP contribution in [0.4, 0.5) is 23.2 Å². The zero-order valence-electron chi connectivity index (χ0n) is 11.1. The van der Waals surface area contributed by atoms with Crippen LogP contribution in [0.25, 0.3) is 0 Å². The highest BCUT2D eigenvalue weighted by molar-refractivity contribution is 5.45. The van der Waals surface area contributed by atoms with Gasteiger partial charge in [0.1, 0.15) is 11.4 Å². The van der Waals surface area contributed by atoms with Gasteiger partial charge in [-0.05, 0) is 24.1 Å². The molecule has 1 heterocycles. The van der Waals surface area contributed by atoms with Crippen molar-refractivity contribution in [2.24, 2.45) is 0 Å². The van der Waals surface area contributed by atoms with E-state index in [9.17, 15) is 17.6 Å². The van der Waals surface area contributed by atoms with Gasteiger partial charge >= 0.3 is 0 Å². The first-order chi connectivity index (χ1) is 10.0. The zero-order chi connectivity index (χ0) is 15.4. The van der Waals surface area contributed by atoms with E-state index in [1.165, 1.54) is 7.11 Å². The van der Waals surface area contributed by atoms with Crippen LogP contribution < -0.4 is 10.1 Å². The van der Waals surface area contributed by atoms with Crippen LogP contribution in [-0.2, 0) is 6.42 Å². The van der Waals surface area contributed by atoms with Gasteiger partial charge in [0.15, 0.2) is 0 Å². The lowest BCUT2D eigenvalue weighted by Crippen LogP contribution is -2.12. The molecule has 1 aromatic heterocycles. The number of anilines is 1. The summed E-state index contributed by atoms with van der Waals surface area (Å²) in [6, 6.07) is 7.07. The molecule has 0 aliphatic carbocycles. The van der Waals surface area contributed by atoms with Crippen molar-refractivity contribution in [1.29, 1.82) is 0 Å². The molecule has 21 heavy (non-hydrogen) atoms. The normalized spacial score (nSPS) is 10.5. The monoisotopic (exact) mass is 300 g/mol. The van der Waals surface area contributed by atoms with Crippen molar-refractivity contribution in [2.45, 2.75) is 6.42 Å². The number of benzene rings is 1. The maximum Gasteiger partial charge on any atom is 0.253 e. The van der Waals surface area contributed by atoms with Crippen LogP contribution >= 0.6 is 0 Å². The smallest absolute Gasteiger partial charge is 0.253 e. The summed E-state index contributed by atoms with van der Waals surface area (Å²) in [4.78, 5) is 2.48. The number of aromatic nitrogens is 1. The predicted octanol–water partition coefficient (Wildman–Crippen LogP) is 3.30. The molecule has 0 aliphatic heterocycles. The fourth-order valence-electron chi connectivity index (χ4n) is 1.80. The number of hydrogen-bond donors (Lipinski definition) is 1. The predicted molar refractivity (Wildman–Crippen MR) is 69.3 cm³/mol. The van der Waals surface area contributed by atoms with Crippen LogP contribution in [-0.4, -0.2) is 18.6 Å². The maximum absolute atomic E-state index is 13.4. The van der Waals surface area contributed by atoms with Gasteiger partial charge in [-0.15, -0.1) is 0 Å². The standard InChI is InChI=1S/C14H12F4N2O/c1-21-9-4-2-3-8(7-9)5-6-19-12-10(15)13(17)20-14(18)11(12)16/h2-4,7H,5-6H2,1H3,(H,19,20). The van der Waals surface area contributed by atoms with Crippen LogP contribution in [0.1, 0.15) is 5.56 Å². The molecule has 0 aliphatic rings. The van der Waals surface area contributed by atoms with E-state index in [1.807, 2.05) is 0 Å². The lowest BCUT2D eigenvalue weighted by Gasteiger charge is -2.10. The second-order valence-electron chi connectivity index (χ2n) is 4.22. The summed E-state index contributed by atoms with van der Waals surface area (Å²) in [5.41, 5.74) is -0.0134. The van der Waals surface area contributed by atoms with E-state index in [0.717, 1.165) is 5.56 Å². The Morgan fingerprint density at radius 3 is 2.38 bits per heavy atom. The second kappa shape index (κ2) is 6.43. The van der Waals surface area contributed by atoms with E-state index in [-0.39, 0.29) is 6.54 Å². The number of nitrogens with zero attached hydrogens (tertiary/aromatic N) is 1. The molecule has 0 bridgehead atoms. The molecule has 0 saturated heterocycles. The number of nitrogens with one attached hydrogen (secondary N) is 1. The van der Waals surface area contributed by atoms with Crippen LogP contribution in [0.2, 0.25) is 0 Å². The molecule has 3 nitrogen and oxygen atoms in total. The molecule has 0 saturated carbocycles. The van der Waals surface area contributed by atoms with E-state index in [1.54, 1.807) is 24.3 Å². The quantitative estimate of drug-likeness (QED) is 0.679. The van der Waals surface area contributed by atoms with Crippen molar-refractivity contribution in [1.82, 2.24) is 4.98 Å². The summed E-state index contributed by atoms with van der Waals surface area (Å²) in [6.07, 6.45) is 0.391. The molecule has 7 heteroatoms. The van der Waals surface area contributed by atoms with Gasteiger partial charge < -0.3 is 10.1 Å². The first kappa shape index (κ1) is 15.1. The molecule has 2 aromatic rings. The van der Waals surface area contributed by atoms with E-state index in [4.69, 9.17) is 4.74 Å². The minimum absolute atomic E-state index is 0.0872. The molecule has 0 radical (unpaired) electrons. The lowest BCUT2D eigenvalue weighted by atomic mass is 10.1. The highest BCUT2D eigenvalue weighted by Gasteiger charge is 2.20. The zero-order valence-corrected chi connectivity index (χ0v) is 11.1. The summed E-state index contributed by atoms with van der Waals surface area (Å²) < 4.78 is 57.6. The summed E-state index contributed by atoms with van der Waals surface area (Å²) in [5.74, 6) is -5.81. The molecular weight excluding hydrogens is 288 g/mol. The van der Waals surface area contributed by atoms with E-state index in [2.05, 4.69) is 10.3 Å². The number of ether oxygens (including phenoxy) is 1. The van der Waals surface area contributed by atoms with Crippen molar-refractivity contribution in [2.75, 3.05) is 19.0 Å². The molecule has 1 N–H and O–H groups in total. The van der Waals surface area contributed by atoms with Crippen LogP contribution in [0.3, 0.4) is 0 Å². The third-order valence-corrected chi connectivity index (χ3v) is 2.85. The van der Waals surface area contributed by atoms with Gasteiger partial charge in [-0.2, -0.15) is 22.5 Å². The van der Waals surface area contributed by atoms with E-state index < -0.39 is 29.2 Å². The fraction of sp³-hybridized carbons (Fsp3) is 0.214. The van der Waals surface area contributed by atoms with Gasteiger partial charge in [-0.3, -0.25) is 0 Å². The third-order valence-electron chi connectivity index (χ3n) is 2.85. The molecule has 112 valence electrons. The Kier molecular flexibility index (Phi) is 4.62. The Bertz CT molecular complexity index is 623. The first-order valence-corrected chi connectivity index (χ1v) is 6.09. The van der Waals surface area contributed by atoms with Gasteiger partial charge in [0.05, 0.1) is 7.11 Å². The topological polar surface area (TPSA) is 34.1 Å². The SMILES string of the molecule is COc1cccc(CCNc2c(F)c(F)nc(F)c2F)c1. The lowest BCUT2D eigenvalue weighted by molar-refractivity contribution is 0.410.